The Morgan fingerprint density at radius 3 is 2.39 bits per heavy atom. The number of anilines is 1. The van der Waals surface area contributed by atoms with E-state index in [0.717, 1.165) is 21.3 Å². The highest BCUT2D eigenvalue weighted by molar-refractivity contribution is 9.10. The summed E-state index contributed by atoms with van der Waals surface area (Å²) >= 11 is 8.62. The summed E-state index contributed by atoms with van der Waals surface area (Å²) in [5.74, 6) is -0.272. The van der Waals surface area contributed by atoms with Gasteiger partial charge < -0.3 is 5.32 Å². The molecule has 0 unspecified atom stereocenters. The highest BCUT2D eigenvalue weighted by atomic mass is 79.9. The third-order valence-corrected chi connectivity index (χ3v) is 3.97. The summed E-state index contributed by atoms with van der Waals surface area (Å²) < 4.78 is 0.893. The third-order valence-electron chi connectivity index (χ3n) is 3.11. The number of thiocarbonyl (C=S) groups is 1. The van der Waals surface area contributed by atoms with Crippen molar-refractivity contribution in [3.05, 3.63) is 69.7 Å². The summed E-state index contributed by atoms with van der Waals surface area (Å²) in [5.41, 5.74) is 4.09. The number of hydrogen-bond donors (Lipinski definition) is 2. The minimum atomic E-state index is -0.272. The fourth-order valence-electron chi connectivity index (χ4n) is 1.88. The minimum Gasteiger partial charge on any atom is -0.331 e. The zero-order valence-electron chi connectivity index (χ0n) is 12.9. The molecule has 0 aliphatic carbocycles. The normalized spacial score (nSPS) is 10.6. The van der Waals surface area contributed by atoms with E-state index in [-0.39, 0.29) is 11.0 Å². The SMILES string of the molecule is Cc1ccc(/C=C/C(=O)NC(=S)Nc2ccc(C)cc2Br)cc1. The first-order valence-electron chi connectivity index (χ1n) is 7.07. The molecule has 2 N–H and O–H groups in total. The van der Waals surface area contributed by atoms with Crippen LogP contribution in [0.2, 0.25) is 0 Å². The van der Waals surface area contributed by atoms with E-state index in [9.17, 15) is 4.79 Å². The van der Waals surface area contributed by atoms with Crippen molar-refractivity contribution < 1.29 is 4.79 Å². The smallest absolute Gasteiger partial charge is 0.250 e. The number of amides is 1. The maximum absolute atomic E-state index is 11.9. The molecule has 1 amide bonds. The van der Waals surface area contributed by atoms with Crippen molar-refractivity contribution in [2.45, 2.75) is 13.8 Å². The molecule has 3 nitrogen and oxygen atoms in total. The van der Waals surface area contributed by atoms with Crippen LogP contribution in [0.25, 0.3) is 6.08 Å². The molecule has 0 aliphatic rings. The van der Waals surface area contributed by atoms with Crippen LogP contribution in [-0.2, 0) is 4.79 Å². The number of halogens is 1. The molecular weight excluding hydrogens is 372 g/mol. The Morgan fingerprint density at radius 1 is 1.09 bits per heavy atom. The van der Waals surface area contributed by atoms with Crippen LogP contribution in [0.3, 0.4) is 0 Å². The van der Waals surface area contributed by atoms with Gasteiger partial charge in [0, 0.05) is 10.5 Å². The van der Waals surface area contributed by atoms with Gasteiger partial charge in [0.25, 0.3) is 0 Å². The van der Waals surface area contributed by atoms with Gasteiger partial charge in [-0.05, 0) is 71.3 Å². The van der Waals surface area contributed by atoms with Crippen molar-refractivity contribution in [3.63, 3.8) is 0 Å². The molecule has 0 atom stereocenters. The summed E-state index contributed by atoms with van der Waals surface area (Å²) in [5, 5.41) is 5.88. The van der Waals surface area contributed by atoms with Crippen molar-refractivity contribution in [2.24, 2.45) is 0 Å². The molecule has 0 saturated heterocycles. The van der Waals surface area contributed by atoms with Gasteiger partial charge in [-0.25, -0.2) is 0 Å². The average molecular weight is 389 g/mol. The van der Waals surface area contributed by atoms with Gasteiger partial charge in [-0.1, -0.05) is 35.9 Å². The maximum Gasteiger partial charge on any atom is 0.250 e. The Bertz CT molecular complexity index is 754. The molecule has 0 radical (unpaired) electrons. The lowest BCUT2D eigenvalue weighted by molar-refractivity contribution is -0.115. The fourth-order valence-corrected chi connectivity index (χ4v) is 2.68. The molecule has 2 aromatic rings. The number of carbonyl (C=O) groups excluding carboxylic acids is 1. The predicted octanol–water partition coefficient (Wildman–Crippen LogP) is 4.59. The number of aryl methyl sites for hydroxylation is 2. The van der Waals surface area contributed by atoms with Gasteiger partial charge in [-0.3, -0.25) is 10.1 Å². The van der Waals surface area contributed by atoms with Crippen LogP contribution >= 0.6 is 28.1 Å². The average Bonchev–Trinajstić information content (AvgIpc) is 2.49. The highest BCUT2D eigenvalue weighted by Gasteiger charge is 2.04. The Morgan fingerprint density at radius 2 is 1.74 bits per heavy atom. The molecule has 118 valence electrons. The van der Waals surface area contributed by atoms with Crippen LogP contribution in [0.4, 0.5) is 5.69 Å². The van der Waals surface area contributed by atoms with Crippen LogP contribution in [-0.4, -0.2) is 11.0 Å². The van der Waals surface area contributed by atoms with Crippen molar-refractivity contribution in [2.75, 3.05) is 5.32 Å². The Kier molecular flexibility index (Phi) is 6.07. The molecule has 0 aromatic heterocycles. The number of benzene rings is 2. The quantitative estimate of drug-likeness (QED) is 0.596. The van der Waals surface area contributed by atoms with Gasteiger partial charge in [0.2, 0.25) is 5.91 Å². The number of rotatable bonds is 3. The first-order valence-corrected chi connectivity index (χ1v) is 8.27. The molecular formula is C18H17BrN2OS. The topological polar surface area (TPSA) is 41.1 Å². The summed E-state index contributed by atoms with van der Waals surface area (Å²) in [7, 11) is 0. The van der Waals surface area contributed by atoms with Gasteiger partial charge in [-0.2, -0.15) is 0 Å². The summed E-state index contributed by atoms with van der Waals surface area (Å²) in [6.45, 7) is 4.03. The molecule has 2 aromatic carbocycles. The number of hydrogen-bond acceptors (Lipinski definition) is 2. The van der Waals surface area contributed by atoms with Crippen molar-refractivity contribution in [3.8, 4) is 0 Å². The molecule has 0 fully saturated rings. The van der Waals surface area contributed by atoms with E-state index in [2.05, 4.69) is 26.6 Å². The van der Waals surface area contributed by atoms with Crippen LogP contribution in [0.5, 0.6) is 0 Å². The van der Waals surface area contributed by atoms with Crippen molar-refractivity contribution in [1.29, 1.82) is 0 Å². The van der Waals surface area contributed by atoms with Crippen molar-refractivity contribution in [1.82, 2.24) is 5.32 Å². The summed E-state index contributed by atoms with van der Waals surface area (Å²) in [6, 6.07) is 13.8. The monoisotopic (exact) mass is 388 g/mol. The van der Waals surface area contributed by atoms with E-state index < -0.39 is 0 Å². The second-order valence-electron chi connectivity index (χ2n) is 5.17. The van der Waals surface area contributed by atoms with Crippen molar-refractivity contribution >= 4 is 50.9 Å². The van der Waals surface area contributed by atoms with Gasteiger partial charge in [0.05, 0.1) is 5.69 Å². The third kappa shape index (κ3) is 5.62. The zero-order valence-corrected chi connectivity index (χ0v) is 15.3. The van der Waals surface area contributed by atoms with E-state index in [1.165, 1.54) is 11.6 Å². The van der Waals surface area contributed by atoms with E-state index in [0.29, 0.717) is 0 Å². The second kappa shape index (κ2) is 8.04. The van der Waals surface area contributed by atoms with Gasteiger partial charge >= 0.3 is 0 Å². The lowest BCUT2D eigenvalue weighted by Crippen LogP contribution is -2.32. The van der Waals surface area contributed by atoms with Gasteiger partial charge in [-0.15, -0.1) is 0 Å². The lowest BCUT2D eigenvalue weighted by Gasteiger charge is -2.10. The van der Waals surface area contributed by atoms with Gasteiger partial charge in [0.15, 0.2) is 5.11 Å². The minimum absolute atomic E-state index is 0.258. The summed E-state index contributed by atoms with van der Waals surface area (Å²) in [4.78, 5) is 11.9. The Hall–Kier alpha value is -1.98. The van der Waals surface area contributed by atoms with E-state index >= 15 is 0 Å². The molecule has 0 spiro atoms. The molecule has 2 rings (SSSR count). The number of carbonyl (C=O) groups is 1. The Balaban J connectivity index is 1.91. The Labute approximate surface area is 149 Å². The van der Waals surface area contributed by atoms with Crippen LogP contribution in [0.1, 0.15) is 16.7 Å². The molecule has 0 heterocycles. The summed E-state index contributed by atoms with van der Waals surface area (Å²) in [6.07, 6.45) is 3.21. The first kappa shape index (κ1) is 17.4. The lowest BCUT2D eigenvalue weighted by atomic mass is 10.1. The zero-order chi connectivity index (χ0) is 16.8. The molecule has 0 saturated carbocycles. The molecule has 0 bridgehead atoms. The predicted molar refractivity (Wildman–Crippen MR) is 103 cm³/mol. The standard InChI is InChI=1S/C18H17BrN2OS/c1-12-3-6-14(7-4-12)8-10-17(22)21-18(23)20-16-9-5-13(2)11-15(16)19/h3-11H,1-2H3,(H2,20,21,22,23)/b10-8+. The van der Waals surface area contributed by atoms with Gasteiger partial charge in [0.1, 0.15) is 0 Å². The first-order chi connectivity index (χ1) is 10.9. The number of nitrogens with one attached hydrogen (secondary N) is 2. The second-order valence-corrected chi connectivity index (χ2v) is 6.43. The van der Waals surface area contributed by atoms with Crippen LogP contribution < -0.4 is 10.6 Å². The molecule has 23 heavy (non-hydrogen) atoms. The van der Waals surface area contributed by atoms with E-state index in [4.69, 9.17) is 12.2 Å². The van der Waals surface area contributed by atoms with Crippen LogP contribution in [0, 0.1) is 13.8 Å². The maximum atomic E-state index is 11.9. The van der Waals surface area contributed by atoms with E-state index in [1.807, 2.05) is 56.3 Å². The highest BCUT2D eigenvalue weighted by Crippen LogP contribution is 2.23. The largest absolute Gasteiger partial charge is 0.331 e. The molecule has 5 heteroatoms. The van der Waals surface area contributed by atoms with E-state index in [1.54, 1.807) is 6.08 Å². The van der Waals surface area contributed by atoms with Crippen LogP contribution in [0.15, 0.2) is 53.0 Å². The molecule has 0 aliphatic heterocycles. The fraction of sp³-hybridized carbons (Fsp3) is 0.111.